The lowest BCUT2D eigenvalue weighted by atomic mass is 9.77. The second kappa shape index (κ2) is 6.46. The van der Waals surface area contributed by atoms with Gasteiger partial charge in [-0.05, 0) is 32.2 Å². The maximum atomic E-state index is 5.92. The van der Waals surface area contributed by atoms with E-state index in [1.54, 1.807) is 7.11 Å². The van der Waals surface area contributed by atoms with Gasteiger partial charge in [-0.1, -0.05) is 13.8 Å². The monoisotopic (exact) mass is 215 g/mol. The molecule has 0 aromatic heterocycles. The van der Waals surface area contributed by atoms with E-state index < -0.39 is 0 Å². The van der Waals surface area contributed by atoms with Gasteiger partial charge in [-0.3, -0.25) is 0 Å². The van der Waals surface area contributed by atoms with Gasteiger partial charge in [0.25, 0.3) is 0 Å². The maximum Gasteiger partial charge on any atom is 0.0707 e. The van der Waals surface area contributed by atoms with Crippen molar-refractivity contribution >= 4 is 0 Å². The topological polar surface area (TPSA) is 30.5 Å². The fourth-order valence-electron chi connectivity index (χ4n) is 1.97. The van der Waals surface area contributed by atoms with Crippen LogP contribution in [0.25, 0.3) is 0 Å². The molecule has 0 aromatic rings. The molecule has 15 heavy (non-hydrogen) atoms. The van der Waals surface area contributed by atoms with Crippen molar-refractivity contribution in [1.29, 1.82) is 0 Å². The first-order chi connectivity index (χ1) is 7.18. The lowest BCUT2D eigenvalue weighted by Gasteiger charge is -2.42. The summed E-state index contributed by atoms with van der Waals surface area (Å²) in [5.41, 5.74) is 0.167. The first-order valence-electron chi connectivity index (χ1n) is 6.05. The zero-order valence-corrected chi connectivity index (χ0v) is 10.3. The van der Waals surface area contributed by atoms with Crippen LogP contribution in [0.2, 0.25) is 0 Å². The fraction of sp³-hybridized carbons (Fsp3) is 1.00. The molecule has 1 aliphatic rings. The van der Waals surface area contributed by atoms with Crippen LogP contribution in [0.1, 0.15) is 39.5 Å². The summed E-state index contributed by atoms with van der Waals surface area (Å²) in [4.78, 5) is 0. The Morgan fingerprint density at radius 3 is 2.47 bits per heavy atom. The summed E-state index contributed by atoms with van der Waals surface area (Å²) >= 11 is 0. The molecule has 1 aliphatic carbocycles. The number of rotatable bonds is 8. The van der Waals surface area contributed by atoms with E-state index in [0.29, 0.717) is 12.6 Å². The molecule has 0 heterocycles. The molecule has 3 heteroatoms. The minimum atomic E-state index is 0.167. The van der Waals surface area contributed by atoms with E-state index in [9.17, 15) is 0 Å². The summed E-state index contributed by atoms with van der Waals surface area (Å²) in [6.45, 7) is 6.86. The molecule has 0 unspecified atom stereocenters. The zero-order valence-electron chi connectivity index (χ0n) is 10.3. The Kier molecular flexibility index (Phi) is 5.58. The van der Waals surface area contributed by atoms with Crippen LogP contribution in [0, 0.1) is 0 Å². The van der Waals surface area contributed by atoms with Gasteiger partial charge >= 0.3 is 0 Å². The van der Waals surface area contributed by atoms with E-state index in [-0.39, 0.29) is 5.60 Å². The fourth-order valence-corrected chi connectivity index (χ4v) is 1.97. The van der Waals surface area contributed by atoms with Crippen molar-refractivity contribution in [1.82, 2.24) is 5.32 Å². The Morgan fingerprint density at radius 1 is 1.27 bits per heavy atom. The third-order valence-electron chi connectivity index (χ3n) is 3.09. The standard InChI is InChI=1S/C12H25NO2/c1-11(2)13-8-7-12(5-4-6-12)15-10-9-14-3/h11,13H,4-10H2,1-3H3. The van der Waals surface area contributed by atoms with Gasteiger partial charge in [0.1, 0.15) is 0 Å². The third-order valence-corrected chi connectivity index (χ3v) is 3.09. The van der Waals surface area contributed by atoms with Gasteiger partial charge in [0.2, 0.25) is 0 Å². The molecule has 0 amide bonds. The van der Waals surface area contributed by atoms with Crippen molar-refractivity contribution in [2.75, 3.05) is 26.9 Å². The molecule has 0 bridgehead atoms. The number of hydrogen-bond acceptors (Lipinski definition) is 3. The molecule has 3 nitrogen and oxygen atoms in total. The first kappa shape index (κ1) is 12.9. The summed E-state index contributed by atoms with van der Waals surface area (Å²) in [6.07, 6.45) is 4.89. The van der Waals surface area contributed by atoms with Crippen molar-refractivity contribution < 1.29 is 9.47 Å². The Bertz CT molecular complexity index is 167. The Morgan fingerprint density at radius 2 is 2.00 bits per heavy atom. The van der Waals surface area contributed by atoms with Crippen molar-refractivity contribution in [3.8, 4) is 0 Å². The largest absolute Gasteiger partial charge is 0.382 e. The van der Waals surface area contributed by atoms with E-state index in [1.807, 2.05) is 0 Å². The molecule has 0 saturated heterocycles. The highest BCUT2D eigenvalue weighted by Gasteiger charge is 2.37. The average Bonchev–Trinajstić information content (AvgIpc) is 2.12. The molecule has 1 saturated carbocycles. The number of ether oxygens (including phenoxy) is 2. The summed E-state index contributed by atoms with van der Waals surface area (Å²) in [5.74, 6) is 0. The quantitative estimate of drug-likeness (QED) is 0.628. The van der Waals surface area contributed by atoms with E-state index in [2.05, 4.69) is 19.2 Å². The van der Waals surface area contributed by atoms with Crippen molar-refractivity contribution in [2.45, 2.75) is 51.2 Å². The summed E-state index contributed by atoms with van der Waals surface area (Å²) < 4.78 is 10.9. The van der Waals surface area contributed by atoms with Gasteiger partial charge in [0, 0.05) is 13.2 Å². The van der Waals surface area contributed by atoms with Crippen molar-refractivity contribution in [3.05, 3.63) is 0 Å². The second-order valence-electron chi connectivity index (χ2n) is 4.74. The SMILES string of the molecule is COCCOC1(CCNC(C)C)CCC1. The average molecular weight is 215 g/mol. The third kappa shape index (κ3) is 4.49. The van der Waals surface area contributed by atoms with E-state index in [4.69, 9.17) is 9.47 Å². The molecule has 0 radical (unpaired) electrons. The number of methoxy groups -OCH3 is 1. The van der Waals surface area contributed by atoms with Crippen LogP contribution in [0.4, 0.5) is 0 Å². The molecular weight excluding hydrogens is 190 g/mol. The Labute approximate surface area is 93.5 Å². The van der Waals surface area contributed by atoms with Gasteiger partial charge in [-0.15, -0.1) is 0 Å². The molecule has 0 atom stereocenters. The normalized spacial score (nSPS) is 19.2. The number of nitrogens with one attached hydrogen (secondary N) is 1. The van der Waals surface area contributed by atoms with Crippen LogP contribution in [0.5, 0.6) is 0 Å². The molecular formula is C12H25NO2. The minimum Gasteiger partial charge on any atom is -0.382 e. The van der Waals surface area contributed by atoms with Gasteiger partial charge in [0.05, 0.1) is 18.8 Å². The van der Waals surface area contributed by atoms with Gasteiger partial charge in [-0.2, -0.15) is 0 Å². The highest BCUT2D eigenvalue weighted by Crippen LogP contribution is 2.38. The van der Waals surface area contributed by atoms with Crippen molar-refractivity contribution in [3.63, 3.8) is 0 Å². The summed E-state index contributed by atoms with van der Waals surface area (Å²) in [7, 11) is 1.72. The summed E-state index contributed by atoms with van der Waals surface area (Å²) in [6, 6.07) is 0.570. The minimum absolute atomic E-state index is 0.167. The smallest absolute Gasteiger partial charge is 0.0707 e. The van der Waals surface area contributed by atoms with Gasteiger partial charge < -0.3 is 14.8 Å². The van der Waals surface area contributed by atoms with Gasteiger partial charge in [-0.25, -0.2) is 0 Å². The lowest BCUT2D eigenvalue weighted by Crippen LogP contribution is -2.44. The lowest BCUT2D eigenvalue weighted by molar-refractivity contribution is -0.115. The molecule has 1 fully saturated rings. The molecule has 0 aromatic carbocycles. The number of hydrogen-bond donors (Lipinski definition) is 1. The van der Waals surface area contributed by atoms with Crippen LogP contribution < -0.4 is 5.32 Å². The van der Waals surface area contributed by atoms with Gasteiger partial charge in [0.15, 0.2) is 0 Å². The maximum absolute atomic E-state index is 5.92. The van der Waals surface area contributed by atoms with Crippen LogP contribution in [-0.2, 0) is 9.47 Å². The van der Waals surface area contributed by atoms with E-state index in [0.717, 1.165) is 19.6 Å². The Hall–Kier alpha value is -0.120. The molecule has 0 spiro atoms. The highest BCUT2D eigenvalue weighted by atomic mass is 16.5. The molecule has 1 rings (SSSR count). The van der Waals surface area contributed by atoms with Crippen LogP contribution in [0.15, 0.2) is 0 Å². The van der Waals surface area contributed by atoms with Crippen LogP contribution >= 0.6 is 0 Å². The summed E-state index contributed by atoms with van der Waals surface area (Å²) in [5, 5.41) is 3.45. The van der Waals surface area contributed by atoms with Crippen LogP contribution in [0.3, 0.4) is 0 Å². The zero-order chi connectivity index (χ0) is 11.1. The highest BCUT2D eigenvalue weighted by molar-refractivity contribution is 4.90. The predicted octanol–water partition coefficient (Wildman–Crippen LogP) is 1.96. The second-order valence-corrected chi connectivity index (χ2v) is 4.74. The molecule has 1 N–H and O–H groups in total. The van der Waals surface area contributed by atoms with Crippen LogP contribution in [-0.4, -0.2) is 38.5 Å². The van der Waals surface area contributed by atoms with Crippen molar-refractivity contribution in [2.24, 2.45) is 0 Å². The van der Waals surface area contributed by atoms with E-state index in [1.165, 1.54) is 19.3 Å². The predicted molar refractivity (Wildman–Crippen MR) is 62.2 cm³/mol. The van der Waals surface area contributed by atoms with E-state index >= 15 is 0 Å². The first-order valence-corrected chi connectivity index (χ1v) is 6.05. The molecule has 0 aliphatic heterocycles. The molecule has 90 valence electrons. The Balaban J connectivity index is 2.15.